The Hall–Kier alpha value is -2.53. The molecule has 0 aliphatic carbocycles. The van der Waals surface area contributed by atoms with E-state index in [1.807, 2.05) is 46.4 Å². The van der Waals surface area contributed by atoms with Crippen LogP contribution >= 0.6 is 11.9 Å². The second kappa shape index (κ2) is 6.49. The van der Waals surface area contributed by atoms with Crippen LogP contribution in [0.2, 0.25) is 0 Å². The normalized spacial score (nSPS) is 10.5. The summed E-state index contributed by atoms with van der Waals surface area (Å²) in [5, 5.41) is 0. The molecule has 110 valence electrons. The molecular formula is C17H14N2O2S. The number of carbonyl (C=O) groups excluding carboxylic acids is 1. The number of carbonyl (C=O) groups is 1. The zero-order valence-corrected chi connectivity index (χ0v) is 12.6. The summed E-state index contributed by atoms with van der Waals surface area (Å²) in [6.45, 7) is 3.75. The van der Waals surface area contributed by atoms with Crippen molar-refractivity contribution < 1.29 is 9.53 Å². The number of esters is 1. The number of para-hydroxylation sites is 2. The number of nitrogens with zero attached hydrogens (tertiary/aromatic N) is 2. The highest BCUT2D eigenvalue weighted by Crippen LogP contribution is 2.28. The Labute approximate surface area is 132 Å². The summed E-state index contributed by atoms with van der Waals surface area (Å²) in [7, 11) is 0. The first kappa shape index (κ1) is 14.4. The first-order chi connectivity index (χ1) is 10.8. The summed E-state index contributed by atoms with van der Waals surface area (Å²) >= 11 is 1.44. The molecule has 1 heterocycles. The minimum Gasteiger partial charge on any atom is -0.458 e. The van der Waals surface area contributed by atoms with Gasteiger partial charge in [0.25, 0.3) is 0 Å². The highest BCUT2D eigenvalue weighted by molar-refractivity contribution is 7.98. The summed E-state index contributed by atoms with van der Waals surface area (Å²) in [5.41, 5.74) is 2.45. The largest absolute Gasteiger partial charge is 0.458 e. The van der Waals surface area contributed by atoms with E-state index in [0.29, 0.717) is 5.56 Å². The molecule has 0 unspecified atom stereocenters. The number of hydrogen-bond donors (Lipinski definition) is 0. The first-order valence-corrected chi connectivity index (χ1v) is 7.54. The molecule has 0 amide bonds. The zero-order valence-electron chi connectivity index (χ0n) is 11.8. The van der Waals surface area contributed by atoms with Crippen molar-refractivity contribution in [2.45, 2.75) is 4.90 Å². The Balaban J connectivity index is 1.92. The van der Waals surface area contributed by atoms with E-state index in [0.717, 1.165) is 15.9 Å². The first-order valence-electron chi connectivity index (χ1n) is 6.77. The van der Waals surface area contributed by atoms with Crippen LogP contribution in [0.3, 0.4) is 0 Å². The van der Waals surface area contributed by atoms with E-state index in [1.165, 1.54) is 11.9 Å². The lowest BCUT2D eigenvalue weighted by Gasteiger charge is -2.09. The van der Waals surface area contributed by atoms with Crippen molar-refractivity contribution in [3.05, 3.63) is 73.1 Å². The number of ether oxygens (including phenoxy) is 1. The molecule has 5 heteroatoms. The maximum atomic E-state index is 12.1. The SMILES string of the molecule is C=CCOC(=O)c1ccccc1Sn1cnc2ccccc21. The third kappa shape index (κ3) is 2.89. The second-order valence-corrected chi connectivity index (χ2v) is 5.55. The second-order valence-electron chi connectivity index (χ2n) is 4.53. The van der Waals surface area contributed by atoms with Crippen LogP contribution in [0.25, 0.3) is 11.0 Å². The molecule has 0 aliphatic rings. The Morgan fingerprint density at radius 1 is 1.23 bits per heavy atom. The van der Waals surface area contributed by atoms with Gasteiger partial charge in [0, 0.05) is 4.90 Å². The molecule has 4 nitrogen and oxygen atoms in total. The van der Waals surface area contributed by atoms with E-state index < -0.39 is 0 Å². The molecule has 0 N–H and O–H groups in total. The summed E-state index contributed by atoms with van der Waals surface area (Å²) in [6, 6.07) is 15.2. The molecule has 3 rings (SSSR count). The summed E-state index contributed by atoms with van der Waals surface area (Å²) < 4.78 is 7.07. The topological polar surface area (TPSA) is 44.1 Å². The summed E-state index contributed by atoms with van der Waals surface area (Å²) in [6.07, 6.45) is 3.30. The molecule has 22 heavy (non-hydrogen) atoms. The van der Waals surface area contributed by atoms with Crippen LogP contribution in [-0.2, 0) is 4.74 Å². The van der Waals surface area contributed by atoms with Crippen LogP contribution in [0.15, 0.2) is 72.4 Å². The van der Waals surface area contributed by atoms with Gasteiger partial charge >= 0.3 is 5.97 Å². The number of hydrogen-bond acceptors (Lipinski definition) is 4. The van der Waals surface area contributed by atoms with Crippen LogP contribution in [0, 0.1) is 0 Å². The van der Waals surface area contributed by atoms with Crippen LogP contribution < -0.4 is 0 Å². The molecule has 1 aromatic heterocycles. The van der Waals surface area contributed by atoms with Gasteiger partial charge in [0.2, 0.25) is 0 Å². The Bertz CT molecular complexity index is 826. The van der Waals surface area contributed by atoms with E-state index in [1.54, 1.807) is 18.5 Å². The molecule has 0 saturated carbocycles. The van der Waals surface area contributed by atoms with E-state index in [2.05, 4.69) is 11.6 Å². The van der Waals surface area contributed by atoms with Crippen molar-refractivity contribution in [2.75, 3.05) is 6.61 Å². The van der Waals surface area contributed by atoms with Crippen molar-refractivity contribution in [2.24, 2.45) is 0 Å². The predicted octanol–water partition coefficient (Wildman–Crippen LogP) is 3.93. The van der Waals surface area contributed by atoms with Crippen LogP contribution in [0.1, 0.15) is 10.4 Å². The van der Waals surface area contributed by atoms with Crippen LogP contribution in [-0.4, -0.2) is 21.5 Å². The van der Waals surface area contributed by atoms with Gasteiger partial charge in [0.15, 0.2) is 0 Å². The van der Waals surface area contributed by atoms with Gasteiger partial charge in [-0.25, -0.2) is 9.78 Å². The number of aromatic nitrogens is 2. The third-order valence-corrected chi connectivity index (χ3v) is 4.10. The average Bonchev–Trinajstić information content (AvgIpc) is 2.96. The lowest BCUT2D eigenvalue weighted by atomic mass is 10.2. The average molecular weight is 310 g/mol. The minimum atomic E-state index is -0.354. The van der Waals surface area contributed by atoms with Crippen LogP contribution in [0.4, 0.5) is 0 Å². The van der Waals surface area contributed by atoms with E-state index in [9.17, 15) is 4.79 Å². The Kier molecular flexibility index (Phi) is 4.25. The molecule has 3 aromatic rings. The fourth-order valence-corrected chi connectivity index (χ4v) is 2.99. The van der Waals surface area contributed by atoms with Gasteiger partial charge in [-0.15, -0.1) is 0 Å². The van der Waals surface area contributed by atoms with Gasteiger partial charge in [-0.3, -0.25) is 3.97 Å². The van der Waals surface area contributed by atoms with Gasteiger partial charge in [0.05, 0.1) is 16.6 Å². The van der Waals surface area contributed by atoms with E-state index in [4.69, 9.17) is 4.74 Å². The van der Waals surface area contributed by atoms with Gasteiger partial charge < -0.3 is 4.74 Å². The van der Waals surface area contributed by atoms with Gasteiger partial charge in [0.1, 0.15) is 12.9 Å². The molecule has 0 aliphatic heterocycles. The Morgan fingerprint density at radius 3 is 2.86 bits per heavy atom. The minimum absolute atomic E-state index is 0.200. The molecule has 0 spiro atoms. The zero-order chi connectivity index (χ0) is 15.4. The van der Waals surface area contributed by atoms with Crippen molar-refractivity contribution in [3.63, 3.8) is 0 Å². The summed E-state index contributed by atoms with van der Waals surface area (Å²) in [5.74, 6) is -0.354. The standard InChI is InChI=1S/C17H14N2O2S/c1-2-11-21-17(20)13-7-3-6-10-16(13)22-19-12-18-14-8-4-5-9-15(14)19/h2-10,12H,1,11H2. The number of imidazole rings is 1. The molecule has 0 saturated heterocycles. The smallest absolute Gasteiger partial charge is 0.339 e. The molecule has 0 bridgehead atoms. The highest BCUT2D eigenvalue weighted by atomic mass is 32.2. The number of fused-ring (bicyclic) bond motifs is 1. The van der Waals surface area contributed by atoms with Gasteiger partial charge in [-0.2, -0.15) is 0 Å². The van der Waals surface area contributed by atoms with E-state index in [-0.39, 0.29) is 12.6 Å². The van der Waals surface area contributed by atoms with Crippen molar-refractivity contribution in [1.82, 2.24) is 8.96 Å². The van der Waals surface area contributed by atoms with Crippen molar-refractivity contribution in [1.29, 1.82) is 0 Å². The fourth-order valence-electron chi connectivity index (χ4n) is 2.04. The lowest BCUT2D eigenvalue weighted by Crippen LogP contribution is -2.06. The van der Waals surface area contributed by atoms with Gasteiger partial charge in [-0.05, 0) is 36.2 Å². The molecule has 0 radical (unpaired) electrons. The number of benzene rings is 2. The number of rotatable bonds is 5. The molecule has 2 aromatic carbocycles. The predicted molar refractivity (Wildman–Crippen MR) is 87.9 cm³/mol. The molecular weight excluding hydrogens is 296 g/mol. The third-order valence-electron chi connectivity index (χ3n) is 3.06. The van der Waals surface area contributed by atoms with Crippen LogP contribution in [0.5, 0.6) is 0 Å². The van der Waals surface area contributed by atoms with Gasteiger partial charge in [-0.1, -0.05) is 36.9 Å². The Morgan fingerprint density at radius 2 is 2.00 bits per heavy atom. The quantitative estimate of drug-likeness (QED) is 0.529. The maximum Gasteiger partial charge on any atom is 0.339 e. The molecule has 0 fully saturated rings. The summed E-state index contributed by atoms with van der Waals surface area (Å²) in [4.78, 5) is 17.3. The monoisotopic (exact) mass is 310 g/mol. The van der Waals surface area contributed by atoms with Crippen molar-refractivity contribution in [3.8, 4) is 0 Å². The molecule has 0 atom stereocenters. The highest BCUT2D eigenvalue weighted by Gasteiger charge is 2.14. The maximum absolute atomic E-state index is 12.1. The van der Waals surface area contributed by atoms with E-state index >= 15 is 0 Å². The van der Waals surface area contributed by atoms with Crippen molar-refractivity contribution >= 4 is 29.0 Å². The lowest BCUT2D eigenvalue weighted by molar-refractivity contribution is 0.0545. The fraction of sp³-hybridized carbons (Fsp3) is 0.0588.